The molecule has 7 N–H and O–H groups in total. The lowest BCUT2D eigenvalue weighted by Gasteiger charge is -2.34. The minimum atomic E-state index is -1.36. The summed E-state index contributed by atoms with van der Waals surface area (Å²) in [5.41, 5.74) is 4.58. The van der Waals surface area contributed by atoms with Gasteiger partial charge in [0.05, 0.1) is 18.8 Å². The van der Waals surface area contributed by atoms with Crippen molar-refractivity contribution in [3.8, 4) is 0 Å². The van der Waals surface area contributed by atoms with Crippen LogP contribution in [0.25, 0.3) is 0 Å². The van der Waals surface area contributed by atoms with Crippen LogP contribution in [0.2, 0.25) is 0 Å². The molecule has 2 saturated heterocycles. The van der Waals surface area contributed by atoms with Crippen molar-refractivity contribution in [3.63, 3.8) is 0 Å². The lowest BCUT2D eigenvalue weighted by molar-refractivity contribution is -0.149. The van der Waals surface area contributed by atoms with Crippen LogP contribution in [0.4, 0.5) is 0 Å². The maximum atomic E-state index is 13.6. The molecule has 6 amide bonds. The van der Waals surface area contributed by atoms with Crippen LogP contribution in [0, 0.1) is 11.3 Å². The van der Waals surface area contributed by atoms with E-state index < -0.39 is 71.3 Å². The maximum Gasteiger partial charge on any atom is 0.248 e. The van der Waals surface area contributed by atoms with Gasteiger partial charge in [0.15, 0.2) is 0 Å². The standard InChI is InChI=1S/C28H48N6O8/c1-15(2)13-28(5,6)27(42)30-14-20(37)31-22(17(4)36)26(41)34-12-8-10-19(34)25(40)33-11-7-9-18(33)24(39)32-21(16(3)35)23(29)38/h15-19,21-22,35-36H,7-14H2,1-6H3,(H2,29,38)(H,30,42)(H,31,37)(H,32,39)/t16-,17-,18+,19+,21+,22+/m1/s1. The molecule has 0 unspecified atom stereocenters. The quantitative estimate of drug-likeness (QED) is 0.145. The number of rotatable bonds is 13. The monoisotopic (exact) mass is 596 g/mol. The van der Waals surface area contributed by atoms with Gasteiger partial charge in [-0.2, -0.15) is 0 Å². The molecular weight excluding hydrogens is 548 g/mol. The Labute approximate surface area is 247 Å². The minimum absolute atomic E-state index is 0.213. The molecule has 0 aromatic heterocycles. The zero-order chi connectivity index (χ0) is 31.9. The van der Waals surface area contributed by atoms with Gasteiger partial charge in [0, 0.05) is 18.5 Å². The molecule has 2 rings (SSSR count). The maximum absolute atomic E-state index is 13.6. The van der Waals surface area contributed by atoms with Crippen molar-refractivity contribution in [1.82, 2.24) is 25.8 Å². The highest BCUT2D eigenvalue weighted by Gasteiger charge is 2.44. The van der Waals surface area contributed by atoms with Gasteiger partial charge in [-0.05, 0) is 51.9 Å². The number of primary amides is 1. The van der Waals surface area contributed by atoms with E-state index in [4.69, 9.17) is 5.73 Å². The molecule has 42 heavy (non-hydrogen) atoms. The molecule has 2 aliphatic heterocycles. The fraction of sp³-hybridized carbons (Fsp3) is 0.786. The highest BCUT2D eigenvalue weighted by Crippen LogP contribution is 2.27. The van der Waals surface area contributed by atoms with Crippen LogP contribution in [0.5, 0.6) is 0 Å². The van der Waals surface area contributed by atoms with E-state index in [2.05, 4.69) is 16.0 Å². The summed E-state index contributed by atoms with van der Waals surface area (Å²) < 4.78 is 0. The van der Waals surface area contributed by atoms with Crippen LogP contribution < -0.4 is 21.7 Å². The number of nitrogens with two attached hydrogens (primary N) is 1. The van der Waals surface area contributed by atoms with Gasteiger partial charge in [-0.15, -0.1) is 0 Å². The highest BCUT2D eigenvalue weighted by molar-refractivity contribution is 5.96. The van der Waals surface area contributed by atoms with Gasteiger partial charge in [0.25, 0.3) is 0 Å². The number of hydrogen-bond donors (Lipinski definition) is 6. The Morgan fingerprint density at radius 2 is 1.40 bits per heavy atom. The third-order valence-electron chi connectivity index (χ3n) is 7.75. The Kier molecular flexibility index (Phi) is 12.3. The number of aliphatic hydroxyl groups is 2. The summed E-state index contributed by atoms with van der Waals surface area (Å²) in [5.74, 6) is -3.35. The first-order valence-corrected chi connectivity index (χ1v) is 14.6. The van der Waals surface area contributed by atoms with Crippen molar-refractivity contribution in [3.05, 3.63) is 0 Å². The minimum Gasteiger partial charge on any atom is -0.391 e. The van der Waals surface area contributed by atoms with Crippen LogP contribution in [0.3, 0.4) is 0 Å². The zero-order valence-corrected chi connectivity index (χ0v) is 25.5. The van der Waals surface area contributed by atoms with Gasteiger partial charge in [-0.3, -0.25) is 28.8 Å². The molecule has 238 valence electrons. The molecule has 14 heteroatoms. The summed E-state index contributed by atoms with van der Waals surface area (Å²) in [6.07, 6.45) is -0.225. The summed E-state index contributed by atoms with van der Waals surface area (Å²) in [6, 6.07) is -4.50. The molecule has 14 nitrogen and oxygen atoms in total. The summed E-state index contributed by atoms with van der Waals surface area (Å²) >= 11 is 0. The average Bonchev–Trinajstić information content (AvgIpc) is 3.57. The van der Waals surface area contributed by atoms with Crippen molar-refractivity contribution in [1.29, 1.82) is 0 Å². The van der Waals surface area contributed by atoms with E-state index >= 15 is 0 Å². The SMILES string of the molecule is CC(C)CC(C)(C)C(=O)NCC(=O)N[C@H](C(=O)N1CCC[C@H]1C(=O)N1CCC[C@H]1C(=O)N[C@H](C(N)=O)[C@@H](C)O)[C@@H](C)O. The van der Waals surface area contributed by atoms with Crippen molar-refractivity contribution in [2.75, 3.05) is 19.6 Å². The summed E-state index contributed by atoms with van der Waals surface area (Å²) in [5, 5.41) is 27.6. The third-order valence-corrected chi connectivity index (χ3v) is 7.75. The number of carbonyl (C=O) groups is 6. The van der Waals surface area contributed by atoms with Crippen molar-refractivity contribution in [2.24, 2.45) is 17.1 Å². The molecular formula is C28H48N6O8. The van der Waals surface area contributed by atoms with Gasteiger partial charge in [-0.1, -0.05) is 27.7 Å². The van der Waals surface area contributed by atoms with Crippen molar-refractivity contribution >= 4 is 35.4 Å². The molecule has 0 spiro atoms. The first-order chi connectivity index (χ1) is 19.5. The predicted molar refractivity (Wildman–Crippen MR) is 152 cm³/mol. The van der Waals surface area contributed by atoms with Crippen LogP contribution in [0.15, 0.2) is 0 Å². The number of nitrogens with one attached hydrogen (secondary N) is 3. The van der Waals surface area contributed by atoms with E-state index in [9.17, 15) is 39.0 Å². The predicted octanol–water partition coefficient (Wildman–Crippen LogP) is -1.63. The number of amides is 6. The molecule has 0 aromatic rings. The largest absolute Gasteiger partial charge is 0.391 e. The van der Waals surface area contributed by atoms with E-state index in [-0.39, 0.29) is 31.5 Å². The fourth-order valence-electron chi connectivity index (χ4n) is 5.77. The number of carbonyl (C=O) groups excluding carboxylic acids is 6. The average molecular weight is 597 g/mol. The fourth-order valence-corrected chi connectivity index (χ4v) is 5.77. The molecule has 6 atom stereocenters. The van der Waals surface area contributed by atoms with Gasteiger partial charge >= 0.3 is 0 Å². The Balaban J connectivity index is 2.09. The molecule has 2 fully saturated rings. The number of nitrogens with zero attached hydrogens (tertiary/aromatic N) is 2. The van der Waals surface area contributed by atoms with E-state index in [1.54, 1.807) is 13.8 Å². The van der Waals surface area contributed by atoms with E-state index in [1.807, 2.05) is 13.8 Å². The lowest BCUT2D eigenvalue weighted by atomic mass is 9.83. The molecule has 2 aliphatic rings. The van der Waals surface area contributed by atoms with Gasteiger partial charge in [-0.25, -0.2) is 0 Å². The molecule has 2 heterocycles. The summed E-state index contributed by atoms with van der Waals surface area (Å²) in [7, 11) is 0. The Morgan fingerprint density at radius 3 is 1.93 bits per heavy atom. The van der Waals surface area contributed by atoms with Gasteiger partial charge in [0.1, 0.15) is 24.2 Å². The number of aliphatic hydroxyl groups excluding tert-OH is 2. The first-order valence-electron chi connectivity index (χ1n) is 14.6. The van der Waals surface area contributed by atoms with Crippen molar-refractivity contribution in [2.45, 2.75) is 110 Å². The second kappa shape index (κ2) is 14.8. The normalized spacial score (nSPS) is 21.8. The summed E-state index contributed by atoms with van der Waals surface area (Å²) in [6.45, 7) is 10.3. The highest BCUT2D eigenvalue weighted by atomic mass is 16.3. The molecule has 0 aliphatic carbocycles. The second-order valence-electron chi connectivity index (χ2n) is 12.5. The Hall–Kier alpha value is -3.26. The Morgan fingerprint density at radius 1 is 0.857 bits per heavy atom. The molecule has 0 saturated carbocycles. The van der Waals surface area contributed by atoms with Crippen LogP contribution in [-0.2, 0) is 28.8 Å². The number of hydrogen-bond acceptors (Lipinski definition) is 8. The van der Waals surface area contributed by atoms with Crippen molar-refractivity contribution < 1.29 is 39.0 Å². The van der Waals surface area contributed by atoms with E-state index in [0.29, 0.717) is 32.1 Å². The smallest absolute Gasteiger partial charge is 0.248 e. The van der Waals surface area contributed by atoms with Crippen LogP contribution >= 0.6 is 0 Å². The van der Waals surface area contributed by atoms with E-state index in [0.717, 1.165) is 0 Å². The molecule has 0 aromatic carbocycles. The third kappa shape index (κ3) is 8.87. The van der Waals surface area contributed by atoms with Crippen LogP contribution in [0.1, 0.15) is 73.6 Å². The van der Waals surface area contributed by atoms with E-state index in [1.165, 1.54) is 23.6 Å². The molecule has 0 bridgehead atoms. The summed E-state index contributed by atoms with van der Waals surface area (Å²) in [4.78, 5) is 79.6. The zero-order valence-electron chi connectivity index (χ0n) is 25.5. The van der Waals surface area contributed by atoms with Gasteiger partial charge in [0.2, 0.25) is 35.4 Å². The molecule has 0 radical (unpaired) electrons. The van der Waals surface area contributed by atoms with Crippen LogP contribution in [-0.4, -0.2) is 111 Å². The Bertz CT molecular complexity index is 1030. The second-order valence-corrected chi connectivity index (χ2v) is 12.5. The lowest BCUT2D eigenvalue weighted by Crippen LogP contribution is -2.60. The first kappa shape index (κ1) is 34.9. The van der Waals surface area contributed by atoms with Gasteiger partial charge < -0.3 is 41.7 Å². The topological polar surface area (TPSA) is 211 Å². The number of likely N-dealkylation sites (tertiary alicyclic amines) is 2.